The van der Waals surface area contributed by atoms with Gasteiger partial charge in [-0.15, -0.1) is 0 Å². The smallest absolute Gasteiger partial charge is 0.0876 e. The highest BCUT2D eigenvalue weighted by Gasteiger charge is 2.48. The number of nitrogens with two attached hydrogens (primary N) is 1. The Kier molecular flexibility index (Phi) is 2.45. The quantitative estimate of drug-likeness (QED) is 0.546. The van der Waals surface area contributed by atoms with Crippen molar-refractivity contribution in [3.05, 3.63) is 11.8 Å². The lowest BCUT2D eigenvalue weighted by Gasteiger charge is -2.28. The van der Waals surface area contributed by atoms with Crippen molar-refractivity contribution in [1.29, 1.82) is 0 Å². The van der Waals surface area contributed by atoms with Gasteiger partial charge in [-0.3, -0.25) is 11.3 Å². The molecular formula is C12H20N2O. The molecule has 0 aromatic rings. The molecule has 3 heteroatoms. The molecule has 3 atom stereocenters. The number of hydrazine groups is 1. The highest BCUT2D eigenvalue weighted by molar-refractivity contribution is 5.14. The molecule has 1 heterocycles. The lowest BCUT2D eigenvalue weighted by atomic mass is 9.87. The number of ether oxygens (including phenoxy) is 1. The lowest BCUT2D eigenvalue weighted by Crippen LogP contribution is -2.42. The Hall–Kier alpha value is -0.540. The van der Waals surface area contributed by atoms with E-state index in [0.717, 1.165) is 37.2 Å². The second-order valence-electron chi connectivity index (χ2n) is 5.30. The molecule has 3 rings (SSSR count). The SMILES string of the molecule is NNC(C1=COCCC1)C1CC2CC2C1. The molecule has 3 aliphatic rings. The van der Waals surface area contributed by atoms with Crippen LogP contribution in [-0.2, 0) is 4.74 Å². The van der Waals surface area contributed by atoms with Crippen molar-refractivity contribution in [2.24, 2.45) is 23.6 Å². The first-order valence-electron chi connectivity index (χ1n) is 6.15. The van der Waals surface area contributed by atoms with E-state index in [0.29, 0.717) is 6.04 Å². The predicted molar refractivity (Wildman–Crippen MR) is 58.7 cm³/mol. The van der Waals surface area contributed by atoms with Gasteiger partial charge in [-0.05, 0) is 55.4 Å². The van der Waals surface area contributed by atoms with Crippen molar-refractivity contribution >= 4 is 0 Å². The van der Waals surface area contributed by atoms with Crippen LogP contribution in [0, 0.1) is 17.8 Å². The zero-order chi connectivity index (χ0) is 10.3. The normalized spacial score (nSPS) is 40.3. The van der Waals surface area contributed by atoms with Gasteiger partial charge in [0.05, 0.1) is 12.9 Å². The zero-order valence-corrected chi connectivity index (χ0v) is 9.11. The van der Waals surface area contributed by atoms with Crippen molar-refractivity contribution in [2.45, 2.75) is 38.1 Å². The maximum absolute atomic E-state index is 5.70. The second-order valence-corrected chi connectivity index (χ2v) is 5.30. The molecule has 0 aromatic carbocycles. The molecule has 0 radical (unpaired) electrons. The van der Waals surface area contributed by atoms with Crippen molar-refractivity contribution in [1.82, 2.24) is 5.43 Å². The van der Waals surface area contributed by atoms with E-state index in [9.17, 15) is 0 Å². The zero-order valence-electron chi connectivity index (χ0n) is 9.11. The highest BCUT2D eigenvalue weighted by Crippen LogP contribution is 2.55. The lowest BCUT2D eigenvalue weighted by molar-refractivity contribution is 0.212. The Labute approximate surface area is 91.0 Å². The summed E-state index contributed by atoms with van der Waals surface area (Å²) < 4.78 is 5.40. The van der Waals surface area contributed by atoms with Crippen LogP contribution in [0.15, 0.2) is 11.8 Å². The summed E-state index contributed by atoms with van der Waals surface area (Å²) in [6.45, 7) is 0.872. The van der Waals surface area contributed by atoms with E-state index in [2.05, 4.69) is 5.43 Å². The topological polar surface area (TPSA) is 47.3 Å². The summed E-state index contributed by atoms with van der Waals surface area (Å²) in [6, 6.07) is 0.373. The minimum Gasteiger partial charge on any atom is -0.501 e. The van der Waals surface area contributed by atoms with E-state index in [1.54, 1.807) is 0 Å². The minimum absolute atomic E-state index is 0.373. The van der Waals surface area contributed by atoms with Crippen LogP contribution < -0.4 is 11.3 Å². The van der Waals surface area contributed by atoms with Crippen LogP contribution in [0.2, 0.25) is 0 Å². The Bertz CT molecular complexity index is 267. The second kappa shape index (κ2) is 3.80. The van der Waals surface area contributed by atoms with Gasteiger partial charge in [-0.1, -0.05) is 0 Å². The first-order valence-corrected chi connectivity index (χ1v) is 6.15. The molecule has 0 bridgehead atoms. The number of nitrogens with one attached hydrogen (secondary N) is 1. The van der Waals surface area contributed by atoms with Crippen LogP contribution in [0.3, 0.4) is 0 Å². The largest absolute Gasteiger partial charge is 0.501 e. The maximum Gasteiger partial charge on any atom is 0.0876 e. The van der Waals surface area contributed by atoms with E-state index in [1.807, 2.05) is 6.26 Å². The molecule has 3 unspecified atom stereocenters. The third-order valence-electron chi connectivity index (χ3n) is 4.29. The van der Waals surface area contributed by atoms with Gasteiger partial charge in [0.1, 0.15) is 0 Å². The van der Waals surface area contributed by atoms with E-state index in [-0.39, 0.29) is 0 Å². The predicted octanol–water partition coefficient (Wildman–Crippen LogP) is 1.56. The number of fused-ring (bicyclic) bond motifs is 1. The summed E-state index contributed by atoms with van der Waals surface area (Å²) >= 11 is 0. The van der Waals surface area contributed by atoms with E-state index in [1.165, 1.54) is 24.8 Å². The highest BCUT2D eigenvalue weighted by atomic mass is 16.5. The average Bonchev–Trinajstić information content (AvgIpc) is 2.89. The van der Waals surface area contributed by atoms with Crippen LogP contribution in [0.4, 0.5) is 0 Å². The van der Waals surface area contributed by atoms with E-state index >= 15 is 0 Å². The van der Waals surface area contributed by atoms with Crippen LogP contribution in [-0.4, -0.2) is 12.6 Å². The number of rotatable bonds is 3. The third kappa shape index (κ3) is 1.79. The van der Waals surface area contributed by atoms with Gasteiger partial charge < -0.3 is 4.74 Å². The molecule has 84 valence electrons. The van der Waals surface area contributed by atoms with Crippen molar-refractivity contribution < 1.29 is 4.74 Å². The first kappa shape index (κ1) is 9.67. The maximum atomic E-state index is 5.70. The molecule has 0 amide bonds. The van der Waals surface area contributed by atoms with E-state index < -0.39 is 0 Å². The fourth-order valence-electron chi connectivity index (χ4n) is 3.39. The number of hydrogen-bond acceptors (Lipinski definition) is 3. The molecule has 2 fully saturated rings. The van der Waals surface area contributed by atoms with Crippen molar-refractivity contribution in [3.8, 4) is 0 Å². The molecule has 0 spiro atoms. The van der Waals surface area contributed by atoms with Gasteiger partial charge in [0, 0.05) is 6.04 Å². The summed E-state index contributed by atoms with van der Waals surface area (Å²) in [4.78, 5) is 0. The first-order chi connectivity index (χ1) is 7.38. The minimum atomic E-state index is 0.373. The Morgan fingerprint density at radius 3 is 2.73 bits per heavy atom. The van der Waals surface area contributed by atoms with Gasteiger partial charge in [0.2, 0.25) is 0 Å². The van der Waals surface area contributed by atoms with Gasteiger partial charge in [0.25, 0.3) is 0 Å². The molecule has 0 saturated heterocycles. The molecule has 3 nitrogen and oxygen atoms in total. The monoisotopic (exact) mass is 208 g/mol. The van der Waals surface area contributed by atoms with Crippen LogP contribution >= 0.6 is 0 Å². The van der Waals surface area contributed by atoms with Crippen LogP contribution in [0.1, 0.15) is 32.1 Å². The standard InChI is InChI=1S/C12H20N2O/c13-14-12(8-2-1-3-15-7-8)11-5-9-4-10(9)6-11/h7,9-12,14H,1-6,13H2. The summed E-state index contributed by atoms with van der Waals surface area (Å²) in [6.07, 6.45) is 8.46. The summed E-state index contributed by atoms with van der Waals surface area (Å²) in [7, 11) is 0. The third-order valence-corrected chi connectivity index (χ3v) is 4.29. The van der Waals surface area contributed by atoms with E-state index in [4.69, 9.17) is 10.6 Å². The van der Waals surface area contributed by atoms with Crippen molar-refractivity contribution in [3.63, 3.8) is 0 Å². The average molecular weight is 208 g/mol. The fraction of sp³-hybridized carbons (Fsp3) is 0.833. The van der Waals surface area contributed by atoms with Gasteiger partial charge in [-0.25, -0.2) is 0 Å². The summed E-state index contributed by atoms with van der Waals surface area (Å²) in [5.74, 6) is 8.50. The summed E-state index contributed by atoms with van der Waals surface area (Å²) in [5.41, 5.74) is 4.39. The molecular weight excluding hydrogens is 188 g/mol. The Morgan fingerprint density at radius 1 is 1.33 bits per heavy atom. The van der Waals surface area contributed by atoms with Gasteiger partial charge in [0.15, 0.2) is 0 Å². The van der Waals surface area contributed by atoms with Crippen LogP contribution in [0.25, 0.3) is 0 Å². The fourth-order valence-corrected chi connectivity index (χ4v) is 3.39. The summed E-state index contributed by atoms with van der Waals surface area (Å²) in [5, 5.41) is 0. The molecule has 0 aromatic heterocycles. The molecule has 2 aliphatic carbocycles. The number of hydrogen-bond donors (Lipinski definition) is 2. The van der Waals surface area contributed by atoms with Crippen LogP contribution in [0.5, 0.6) is 0 Å². The van der Waals surface area contributed by atoms with Crippen molar-refractivity contribution in [2.75, 3.05) is 6.61 Å². The molecule has 3 N–H and O–H groups in total. The van der Waals surface area contributed by atoms with Gasteiger partial charge >= 0.3 is 0 Å². The molecule has 1 aliphatic heterocycles. The Morgan fingerprint density at radius 2 is 2.13 bits per heavy atom. The Balaban J connectivity index is 1.67. The van der Waals surface area contributed by atoms with Gasteiger partial charge in [-0.2, -0.15) is 0 Å². The molecule has 2 saturated carbocycles. The molecule has 15 heavy (non-hydrogen) atoms.